The van der Waals surface area contributed by atoms with Crippen molar-refractivity contribution in [3.05, 3.63) is 142 Å². The third kappa shape index (κ3) is 38.4. The first-order chi connectivity index (χ1) is 41.6. The van der Waals surface area contributed by atoms with Gasteiger partial charge in [0.25, 0.3) is 0 Å². The Balaban J connectivity index is 0.000000488. The molecule has 0 aromatic carbocycles. The van der Waals surface area contributed by atoms with Gasteiger partial charge < -0.3 is 10.1 Å². The minimum Gasteiger partial charge on any atom is -0.458 e. The van der Waals surface area contributed by atoms with E-state index >= 15 is 0 Å². The van der Waals surface area contributed by atoms with Gasteiger partial charge in [-0.15, -0.1) is 0 Å². The lowest BCUT2D eigenvalue weighted by Crippen LogP contribution is -2.24. The van der Waals surface area contributed by atoms with Crippen LogP contribution in [0.2, 0.25) is 0 Å². The summed E-state index contributed by atoms with van der Waals surface area (Å²) in [6.45, 7) is 26.0. The Kier molecular flexibility index (Phi) is 43.8. The second-order valence-electron chi connectivity index (χ2n) is 23.8. The minimum absolute atomic E-state index is 0.0336. The lowest BCUT2D eigenvalue weighted by atomic mass is 9.85. The molecule has 0 saturated heterocycles. The molecule has 2 atom stereocenters. The molecule has 0 radical (unpaired) electrons. The number of hydrogen-bond donors (Lipinski definition) is 1. The zero-order valence-electron chi connectivity index (χ0n) is 55.4. The van der Waals surface area contributed by atoms with E-state index in [1.165, 1.54) is 87.0 Å². The molecule has 1 unspecified atom stereocenters. The van der Waals surface area contributed by atoms with E-state index in [0.29, 0.717) is 36.3 Å². The number of amides is 1. The highest BCUT2D eigenvalue weighted by atomic mass is 16.5. The van der Waals surface area contributed by atoms with E-state index in [-0.39, 0.29) is 35.0 Å². The van der Waals surface area contributed by atoms with Gasteiger partial charge in [0.05, 0.1) is 0 Å². The van der Waals surface area contributed by atoms with E-state index in [0.717, 1.165) is 156 Å². The summed E-state index contributed by atoms with van der Waals surface area (Å²) in [5, 5.41) is 2.66. The maximum absolute atomic E-state index is 11.3. The largest absolute Gasteiger partial charge is 0.458 e. The highest BCUT2D eigenvalue weighted by Gasteiger charge is 2.21. The Morgan fingerprint density at radius 1 is 0.575 bits per heavy atom. The summed E-state index contributed by atoms with van der Waals surface area (Å²) in [6.07, 6.45) is 56.6. The van der Waals surface area contributed by atoms with Gasteiger partial charge in [-0.25, -0.2) is 4.79 Å². The molecule has 1 amide bonds. The summed E-state index contributed by atoms with van der Waals surface area (Å²) in [4.78, 5) is 95.4. The normalized spacial score (nSPS) is 20.3. The molecule has 11 nitrogen and oxygen atoms in total. The van der Waals surface area contributed by atoms with Crippen LogP contribution >= 0.6 is 0 Å². The highest BCUT2D eigenvalue weighted by Crippen LogP contribution is 2.30. The fraction of sp³-hybridized carbons (Fsp3) is 0.566. The monoisotopic (exact) mass is 1200 g/mol. The molecule has 0 fully saturated rings. The van der Waals surface area contributed by atoms with Gasteiger partial charge in [-0.05, 0) is 215 Å². The number of hydrogen-bond acceptors (Lipinski definition) is 10. The van der Waals surface area contributed by atoms with E-state index in [4.69, 9.17) is 0 Å². The fourth-order valence-corrected chi connectivity index (χ4v) is 10.1. The van der Waals surface area contributed by atoms with Crippen molar-refractivity contribution in [1.29, 1.82) is 0 Å². The molecule has 0 aromatic rings. The molecule has 2 aliphatic heterocycles. The Bertz CT molecular complexity index is 2560. The highest BCUT2D eigenvalue weighted by molar-refractivity contribution is 5.99. The molecule has 2 heterocycles. The number of esters is 1. The van der Waals surface area contributed by atoms with Gasteiger partial charge in [0, 0.05) is 57.6 Å². The minimum atomic E-state index is -0.227. The lowest BCUT2D eigenvalue weighted by molar-refractivity contribution is -0.135. The number of allylic oxidation sites excluding steroid dienone is 19. The van der Waals surface area contributed by atoms with Crippen molar-refractivity contribution >= 4 is 52.4 Å². The van der Waals surface area contributed by atoms with Crippen molar-refractivity contribution in [2.24, 2.45) is 11.8 Å². The van der Waals surface area contributed by atoms with Crippen molar-refractivity contribution in [2.75, 3.05) is 13.2 Å². The molecule has 10 aliphatic rings. The summed E-state index contributed by atoms with van der Waals surface area (Å²) < 4.78 is 4.40. The summed E-state index contributed by atoms with van der Waals surface area (Å²) in [5.41, 5.74) is 10.8. The fourth-order valence-electron chi connectivity index (χ4n) is 10.1. The van der Waals surface area contributed by atoms with Crippen LogP contribution in [-0.2, 0) is 47.9 Å². The van der Waals surface area contributed by atoms with E-state index in [1.54, 1.807) is 36.0 Å². The molecular formula is C76H111NO10. The molecule has 0 aromatic heterocycles. The number of unbranched alkanes of at least 4 members (excludes halogenated alkanes) is 5. The zero-order valence-corrected chi connectivity index (χ0v) is 55.4. The second kappa shape index (κ2) is 48.5. The van der Waals surface area contributed by atoms with Gasteiger partial charge in [-0.2, -0.15) is 0 Å². The van der Waals surface area contributed by atoms with E-state index in [2.05, 4.69) is 76.4 Å². The number of rotatable bonds is 13. The van der Waals surface area contributed by atoms with Crippen molar-refractivity contribution in [3.8, 4) is 0 Å². The standard InChI is InChI=1S/C12H22.C11H18O.C11H16O.C10H14O.3C6H8O.C5H7NO.C5H6O.C4H4O2/c1-3-4-5-6-9-12-10-7-8-11(12)2;2*1-3-4-5-6-10-9(2)7-8-11(10)12;1-7(2)9-5-4-8(3)10(11)6-9;1-5-2-3-6(7)4-5;1-5-3-2-4-6(5)7;7-6-4-2-1-3-5-6;7-5-3-1-2-4-6-5;6-5-3-1-2-4-5;5-4-2-1-3-6-4/h10-11H,3-9H2,1-2H3;3-8H2,1-2H3;4-5H,3,6-8H2,1-2H3;4,9H,1,5-6H2,2-3H3;4H,2-3H2,1H3;3H,2,4H2,1H3;2,4H,1,3,5H2;1,3H,2,4H2,(H,6,7);1,3H,2,4H2;1-2H,3H2/b;;5-4-;;;;;;;/t;;;9-;;;;;;/m...0....../s1. The summed E-state index contributed by atoms with van der Waals surface area (Å²) in [7, 11) is 0. The quantitative estimate of drug-likeness (QED) is 0.106. The van der Waals surface area contributed by atoms with Crippen molar-refractivity contribution in [3.63, 3.8) is 0 Å². The van der Waals surface area contributed by atoms with Crippen LogP contribution in [0, 0.1) is 11.8 Å². The molecular weight excluding hydrogens is 1090 g/mol. The second-order valence-corrected chi connectivity index (χ2v) is 23.8. The summed E-state index contributed by atoms with van der Waals surface area (Å²) in [5.74, 6) is 3.30. The predicted molar refractivity (Wildman–Crippen MR) is 358 cm³/mol. The average Bonchev–Trinajstić information content (AvgIpc) is 4.57. The molecule has 87 heavy (non-hydrogen) atoms. The van der Waals surface area contributed by atoms with Gasteiger partial charge in [-0.3, -0.25) is 38.4 Å². The Hall–Kier alpha value is -6.49. The van der Waals surface area contributed by atoms with Gasteiger partial charge in [-0.1, -0.05) is 143 Å². The maximum atomic E-state index is 11.3. The number of Topliss-reactive ketones (excluding diaryl/α,β-unsaturated/α-hetero) is 4. The maximum Gasteiger partial charge on any atom is 0.330 e. The van der Waals surface area contributed by atoms with Crippen LogP contribution in [-0.4, -0.2) is 65.5 Å². The number of nitrogens with one attached hydrogen (secondary N) is 1. The molecule has 10 rings (SSSR count). The van der Waals surface area contributed by atoms with Crippen molar-refractivity contribution < 1.29 is 47.9 Å². The molecule has 11 heteroatoms. The van der Waals surface area contributed by atoms with Crippen LogP contribution < -0.4 is 5.32 Å². The topological polar surface area (TPSA) is 175 Å². The van der Waals surface area contributed by atoms with E-state index in [1.807, 2.05) is 58.1 Å². The Morgan fingerprint density at radius 3 is 1.56 bits per heavy atom. The molecule has 8 aliphatic carbocycles. The Labute approximate surface area is 525 Å². The number of cyclic esters (lactones) is 1. The van der Waals surface area contributed by atoms with Crippen LogP contribution in [0.3, 0.4) is 0 Å². The zero-order chi connectivity index (χ0) is 64.8. The average molecular weight is 1200 g/mol. The smallest absolute Gasteiger partial charge is 0.330 e. The molecule has 0 bridgehead atoms. The van der Waals surface area contributed by atoms with Crippen LogP contribution in [0.25, 0.3) is 0 Å². The van der Waals surface area contributed by atoms with Crippen LogP contribution in [0.1, 0.15) is 255 Å². The first kappa shape index (κ1) is 78.5. The number of ether oxygens (including phenoxy) is 1. The lowest BCUT2D eigenvalue weighted by Gasteiger charge is -2.18. The van der Waals surface area contributed by atoms with Gasteiger partial charge in [0.15, 0.2) is 40.5 Å². The van der Waals surface area contributed by atoms with E-state index < -0.39 is 0 Å². The summed E-state index contributed by atoms with van der Waals surface area (Å²) >= 11 is 0. The van der Waals surface area contributed by atoms with Crippen LogP contribution in [0.4, 0.5) is 0 Å². The third-order valence-electron chi connectivity index (χ3n) is 16.0. The van der Waals surface area contributed by atoms with Gasteiger partial charge in [0.1, 0.15) is 6.61 Å². The van der Waals surface area contributed by atoms with Crippen LogP contribution in [0.5, 0.6) is 0 Å². The Morgan fingerprint density at radius 2 is 1.21 bits per heavy atom. The molecule has 1 N–H and O–H groups in total. The molecule has 0 spiro atoms. The number of ketones is 7. The molecule has 0 saturated carbocycles. The molecule has 480 valence electrons. The van der Waals surface area contributed by atoms with Gasteiger partial charge >= 0.3 is 5.97 Å². The van der Waals surface area contributed by atoms with Crippen molar-refractivity contribution in [1.82, 2.24) is 5.32 Å². The summed E-state index contributed by atoms with van der Waals surface area (Å²) in [6, 6.07) is 0. The van der Waals surface area contributed by atoms with E-state index in [9.17, 15) is 43.2 Å². The number of carbonyl (C=O) groups is 9. The van der Waals surface area contributed by atoms with Crippen molar-refractivity contribution in [2.45, 2.75) is 255 Å². The first-order valence-corrected chi connectivity index (χ1v) is 32.8. The van der Waals surface area contributed by atoms with Gasteiger partial charge in [0.2, 0.25) is 5.91 Å². The van der Waals surface area contributed by atoms with Crippen LogP contribution in [0.15, 0.2) is 142 Å². The third-order valence-corrected chi connectivity index (χ3v) is 16.0. The first-order valence-electron chi connectivity index (χ1n) is 32.8. The predicted octanol–water partition coefficient (Wildman–Crippen LogP) is 18.0. The number of carbonyl (C=O) groups excluding carboxylic acids is 9. The SMILES string of the molecule is C=C(C)[C@H]1CC=C(C)C(=O)C1.CC/C=C\CC1=C(C)CCC1=O.CC1=CC(=O)CC1.CC1=CCCC1=O.CCCCCC1=C(C)CCC1=O.CCCCCCC1=CCCC1C.O=C1C=CCC1.O=C1C=CCCC1.O=C1C=CCCN1.O=C1C=CCO1.